The molecule has 1 aliphatic rings. The van der Waals surface area contributed by atoms with Crippen LogP contribution in [0, 0.1) is 0 Å². The minimum Gasteiger partial charge on any atom is -0.465 e. The standard InChI is InChI=1S/C21H27N3O6S2/c1-21(2,3)30-20(26)23-11-10-16-17(13-23)31-19(22-16)24(32(27)28)12-9-14-5-7-15(8-6-14)18(25)29-4/h5-8,32H,9-13H2,1-4H3. The predicted octanol–water partition coefficient (Wildman–Crippen LogP) is 2.80. The highest BCUT2D eigenvalue weighted by Gasteiger charge is 2.29. The second kappa shape index (κ2) is 9.86. The number of methoxy groups -OCH3 is 1. The van der Waals surface area contributed by atoms with Crippen LogP contribution < -0.4 is 4.31 Å². The number of hydrogen-bond donors (Lipinski definition) is 1. The first-order valence-corrected chi connectivity index (χ1v) is 12.1. The quantitative estimate of drug-likeness (QED) is 0.499. The molecule has 9 nitrogen and oxygen atoms in total. The summed E-state index contributed by atoms with van der Waals surface area (Å²) in [6.07, 6.45) is 0.614. The van der Waals surface area contributed by atoms with Crippen LogP contribution in [0.3, 0.4) is 0 Å². The van der Waals surface area contributed by atoms with E-state index in [0.29, 0.717) is 36.6 Å². The first kappa shape index (κ1) is 24.0. The number of esters is 1. The van der Waals surface area contributed by atoms with Gasteiger partial charge in [-0.1, -0.05) is 23.5 Å². The van der Waals surface area contributed by atoms with Gasteiger partial charge in [0.15, 0.2) is 5.13 Å². The number of aromatic nitrogens is 1. The molecule has 174 valence electrons. The van der Waals surface area contributed by atoms with Crippen LogP contribution in [-0.4, -0.2) is 56.2 Å². The highest BCUT2D eigenvalue weighted by Crippen LogP contribution is 2.31. The molecule has 1 aromatic carbocycles. The first-order chi connectivity index (χ1) is 15.1. The average molecular weight is 482 g/mol. The number of hydrogen-bond acceptors (Lipinski definition) is 8. The van der Waals surface area contributed by atoms with Crippen molar-refractivity contribution in [2.45, 2.75) is 45.8 Å². The van der Waals surface area contributed by atoms with Crippen LogP contribution >= 0.6 is 11.3 Å². The topological polar surface area (TPSA) is 106 Å². The maximum atomic E-state index is 12.4. The Morgan fingerprint density at radius 3 is 2.50 bits per heavy atom. The SMILES string of the molecule is COC(=O)c1ccc(CCN(c2nc3c(s2)CN(C(=O)OC(C)(C)C)CC3)[SH](=O)=O)cc1. The Balaban J connectivity index is 1.68. The van der Waals surface area contributed by atoms with Gasteiger partial charge >= 0.3 is 12.1 Å². The third kappa shape index (κ3) is 5.98. The zero-order valence-corrected chi connectivity index (χ0v) is 20.2. The van der Waals surface area contributed by atoms with Gasteiger partial charge in [-0.25, -0.2) is 27.3 Å². The smallest absolute Gasteiger partial charge is 0.410 e. The van der Waals surface area contributed by atoms with Gasteiger partial charge in [-0.2, -0.15) is 0 Å². The van der Waals surface area contributed by atoms with Crippen molar-refractivity contribution in [1.82, 2.24) is 9.88 Å². The number of benzene rings is 1. The fourth-order valence-corrected chi connectivity index (χ4v) is 5.01. The Kier molecular flexibility index (Phi) is 7.40. The number of amides is 1. The molecule has 0 radical (unpaired) electrons. The van der Waals surface area contributed by atoms with Crippen molar-refractivity contribution in [1.29, 1.82) is 0 Å². The molecule has 1 aliphatic heterocycles. The lowest BCUT2D eigenvalue weighted by Gasteiger charge is -2.29. The summed E-state index contributed by atoms with van der Waals surface area (Å²) in [5, 5.41) is 0.392. The van der Waals surface area contributed by atoms with Gasteiger partial charge in [0.2, 0.25) is 10.9 Å². The van der Waals surface area contributed by atoms with Gasteiger partial charge in [0.05, 0.1) is 24.9 Å². The molecule has 3 rings (SSSR count). The minimum absolute atomic E-state index is 0.221. The van der Waals surface area contributed by atoms with E-state index in [1.165, 1.54) is 22.8 Å². The Morgan fingerprint density at radius 2 is 1.91 bits per heavy atom. The largest absolute Gasteiger partial charge is 0.465 e. The summed E-state index contributed by atoms with van der Waals surface area (Å²) in [5.74, 6) is -0.422. The summed E-state index contributed by atoms with van der Waals surface area (Å²) in [4.78, 5) is 30.9. The number of thiazole rings is 1. The van der Waals surface area contributed by atoms with E-state index < -0.39 is 22.5 Å². The van der Waals surface area contributed by atoms with Gasteiger partial charge in [0, 0.05) is 24.4 Å². The number of thiol groups is 1. The number of carbonyl (C=O) groups is 2. The summed E-state index contributed by atoms with van der Waals surface area (Å²) in [7, 11) is -1.57. The summed E-state index contributed by atoms with van der Waals surface area (Å²) in [6, 6.07) is 6.84. The molecule has 1 aromatic heterocycles. The number of anilines is 1. The predicted molar refractivity (Wildman–Crippen MR) is 122 cm³/mol. The molecule has 2 heterocycles. The molecular formula is C21H27N3O6S2. The molecule has 0 unspecified atom stereocenters. The van der Waals surface area contributed by atoms with Crippen LogP contribution in [0.5, 0.6) is 0 Å². The van der Waals surface area contributed by atoms with Crippen molar-refractivity contribution in [3.63, 3.8) is 0 Å². The van der Waals surface area contributed by atoms with Crippen molar-refractivity contribution in [2.75, 3.05) is 24.5 Å². The molecule has 2 aromatic rings. The molecule has 0 saturated heterocycles. The van der Waals surface area contributed by atoms with E-state index in [1.54, 1.807) is 29.2 Å². The van der Waals surface area contributed by atoms with Crippen molar-refractivity contribution < 1.29 is 27.5 Å². The fourth-order valence-electron chi connectivity index (χ4n) is 3.18. The minimum atomic E-state index is -2.88. The normalized spacial score (nSPS) is 13.6. The maximum Gasteiger partial charge on any atom is 0.410 e. The van der Waals surface area contributed by atoms with E-state index >= 15 is 0 Å². The monoisotopic (exact) mass is 481 g/mol. The average Bonchev–Trinajstić information content (AvgIpc) is 3.15. The second-order valence-corrected chi connectivity index (χ2v) is 10.3. The lowest BCUT2D eigenvalue weighted by molar-refractivity contribution is 0.0225. The van der Waals surface area contributed by atoms with Crippen molar-refractivity contribution in [3.05, 3.63) is 46.0 Å². The molecule has 1 amide bonds. The van der Waals surface area contributed by atoms with Crippen molar-refractivity contribution >= 4 is 39.4 Å². The molecule has 0 saturated carbocycles. The van der Waals surface area contributed by atoms with Gasteiger partial charge in [0.1, 0.15) is 5.60 Å². The number of fused-ring (bicyclic) bond motifs is 1. The molecule has 0 spiro atoms. The Bertz CT molecular complexity index is 1050. The zero-order chi connectivity index (χ0) is 23.5. The van der Waals surface area contributed by atoms with Crippen LogP contribution in [0.25, 0.3) is 0 Å². The Morgan fingerprint density at radius 1 is 1.22 bits per heavy atom. The maximum absolute atomic E-state index is 12.4. The highest BCUT2D eigenvalue weighted by atomic mass is 32.2. The van der Waals surface area contributed by atoms with E-state index in [9.17, 15) is 18.0 Å². The molecule has 0 aliphatic carbocycles. The van der Waals surface area contributed by atoms with E-state index in [-0.39, 0.29) is 12.6 Å². The summed E-state index contributed by atoms with van der Waals surface area (Å²) >= 11 is 1.28. The Labute approximate surface area is 193 Å². The van der Waals surface area contributed by atoms with Gasteiger partial charge in [0.25, 0.3) is 0 Å². The van der Waals surface area contributed by atoms with Crippen LogP contribution in [0.1, 0.15) is 47.3 Å². The van der Waals surface area contributed by atoms with E-state index in [0.717, 1.165) is 16.1 Å². The number of carbonyl (C=O) groups excluding carboxylic acids is 2. The summed E-state index contributed by atoms with van der Waals surface area (Å²) < 4.78 is 35.2. The zero-order valence-electron chi connectivity index (χ0n) is 18.5. The van der Waals surface area contributed by atoms with Gasteiger partial charge < -0.3 is 14.4 Å². The molecule has 32 heavy (non-hydrogen) atoms. The molecule has 0 atom stereocenters. The molecule has 11 heteroatoms. The van der Waals surface area contributed by atoms with Gasteiger partial charge in [-0.15, -0.1) is 0 Å². The van der Waals surface area contributed by atoms with Crippen molar-refractivity contribution in [2.24, 2.45) is 0 Å². The third-order valence-corrected chi connectivity index (χ3v) is 6.80. The number of nitrogens with zero attached hydrogens (tertiary/aromatic N) is 3. The van der Waals surface area contributed by atoms with E-state index in [2.05, 4.69) is 9.72 Å². The third-order valence-electron chi connectivity index (χ3n) is 4.78. The highest BCUT2D eigenvalue weighted by molar-refractivity contribution is 7.74. The molecule has 0 bridgehead atoms. The van der Waals surface area contributed by atoms with Crippen LogP contribution in [0.4, 0.5) is 9.93 Å². The van der Waals surface area contributed by atoms with Gasteiger partial charge in [-0.3, -0.25) is 0 Å². The lowest BCUT2D eigenvalue weighted by atomic mass is 10.1. The fraction of sp³-hybridized carbons (Fsp3) is 0.476. The summed E-state index contributed by atoms with van der Waals surface area (Å²) in [5.41, 5.74) is 1.56. The first-order valence-electron chi connectivity index (χ1n) is 10.1. The lowest BCUT2D eigenvalue weighted by Crippen LogP contribution is -2.39. The molecular weight excluding hydrogens is 454 g/mol. The van der Waals surface area contributed by atoms with Crippen molar-refractivity contribution in [3.8, 4) is 0 Å². The number of ether oxygens (including phenoxy) is 2. The van der Waals surface area contributed by atoms with Crippen LogP contribution in [0.15, 0.2) is 24.3 Å². The van der Waals surface area contributed by atoms with Gasteiger partial charge in [-0.05, 0) is 44.9 Å². The summed E-state index contributed by atoms with van der Waals surface area (Å²) in [6.45, 7) is 6.49. The number of rotatable bonds is 6. The van der Waals surface area contributed by atoms with E-state index in [1.807, 2.05) is 20.8 Å². The van der Waals surface area contributed by atoms with Crippen LogP contribution in [0.2, 0.25) is 0 Å². The Hall–Kier alpha value is -2.66. The van der Waals surface area contributed by atoms with Crippen LogP contribution in [-0.2, 0) is 39.8 Å². The van der Waals surface area contributed by atoms with E-state index in [4.69, 9.17) is 4.74 Å². The molecule has 0 N–H and O–H groups in total. The second-order valence-electron chi connectivity index (χ2n) is 8.32. The molecule has 0 fully saturated rings.